The molecule has 0 heterocycles. The molecule has 0 spiro atoms. The summed E-state index contributed by atoms with van der Waals surface area (Å²) in [7, 11) is 0. The molecule has 0 fully saturated rings. The van der Waals surface area contributed by atoms with Crippen LogP contribution in [0.3, 0.4) is 0 Å². The van der Waals surface area contributed by atoms with E-state index in [0.29, 0.717) is 17.4 Å². The average molecular weight is 417 g/mol. The topological polar surface area (TPSA) is 104 Å². The van der Waals surface area contributed by atoms with E-state index in [9.17, 15) is 19.2 Å². The number of benzene rings is 3. The molecule has 7 heteroatoms. The van der Waals surface area contributed by atoms with E-state index in [1.807, 2.05) is 49.4 Å². The van der Waals surface area contributed by atoms with Gasteiger partial charge in [0.15, 0.2) is 0 Å². The number of amides is 3. The summed E-state index contributed by atoms with van der Waals surface area (Å²) in [4.78, 5) is 46.7. The van der Waals surface area contributed by atoms with Crippen LogP contribution in [0, 0.1) is 0 Å². The minimum Gasteiger partial charge on any atom is -0.345 e. The van der Waals surface area contributed by atoms with Crippen LogP contribution in [-0.4, -0.2) is 30.6 Å². The predicted molar refractivity (Wildman–Crippen MR) is 117 cm³/mol. The molecule has 0 aliphatic rings. The first-order valence-electron chi connectivity index (χ1n) is 9.87. The largest absolute Gasteiger partial charge is 0.345 e. The average Bonchev–Trinajstić information content (AvgIpc) is 2.80. The Morgan fingerprint density at radius 2 is 1.55 bits per heavy atom. The molecule has 0 unspecified atom stereocenters. The Morgan fingerprint density at radius 3 is 2.35 bits per heavy atom. The zero-order valence-electron chi connectivity index (χ0n) is 17.1. The molecule has 158 valence electrons. The Morgan fingerprint density at radius 1 is 0.871 bits per heavy atom. The number of hydrogen-bond donors (Lipinski definition) is 3. The highest BCUT2D eigenvalue weighted by Gasteiger charge is 2.18. The van der Waals surface area contributed by atoms with Crippen LogP contribution in [0.4, 0.5) is 0 Å². The fourth-order valence-electron chi connectivity index (χ4n) is 3.35. The van der Waals surface area contributed by atoms with Crippen molar-refractivity contribution in [3.8, 4) is 0 Å². The molecule has 0 radical (unpaired) electrons. The SMILES string of the molecule is C[C@@H](NC(=O)c1ccccc1CNC(=O)C(=O)NCC=O)c1cccc2ccccc12. The molecule has 0 saturated heterocycles. The van der Waals surface area contributed by atoms with Gasteiger partial charge in [-0.25, -0.2) is 0 Å². The number of nitrogens with one attached hydrogen (secondary N) is 3. The van der Waals surface area contributed by atoms with Crippen LogP contribution in [0.2, 0.25) is 0 Å². The molecular formula is C24H23N3O4. The lowest BCUT2D eigenvalue weighted by Crippen LogP contribution is -2.40. The van der Waals surface area contributed by atoms with Gasteiger partial charge in [0.05, 0.1) is 12.6 Å². The number of rotatable bonds is 7. The van der Waals surface area contributed by atoms with Gasteiger partial charge in [-0.15, -0.1) is 0 Å². The minimum absolute atomic E-state index is 0.000412. The third kappa shape index (κ3) is 5.33. The van der Waals surface area contributed by atoms with Gasteiger partial charge in [-0.2, -0.15) is 0 Å². The van der Waals surface area contributed by atoms with Gasteiger partial charge in [-0.3, -0.25) is 14.4 Å². The summed E-state index contributed by atoms with van der Waals surface area (Å²) in [5.41, 5.74) is 1.98. The zero-order valence-corrected chi connectivity index (χ0v) is 17.1. The summed E-state index contributed by atoms with van der Waals surface area (Å²) >= 11 is 0. The van der Waals surface area contributed by atoms with Crippen LogP contribution in [-0.2, 0) is 20.9 Å². The highest BCUT2D eigenvalue weighted by molar-refractivity contribution is 6.35. The molecule has 3 aromatic rings. The number of aldehydes is 1. The molecule has 0 aliphatic heterocycles. The molecule has 0 bridgehead atoms. The number of fused-ring (bicyclic) bond motifs is 1. The van der Waals surface area contributed by atoms with Gasteiger partial charge in [0.2, 0.25) is 0 Å². The van der Waals surface area contributed by atoms with E-state index >= 15 is 0 Å². The fourth-order valence-corrected chi connectivity index (χ4v) is 3.35. The van der Waals surface area contributed by atoms with E-state index in [4.69, 9.17) is 0 Å². The molecular weight excluding hydrogens is 394 g/mol. The smallest absolute Gasteiger partial charge is 0.309 e. The van der Waals surface area contributed by atoms with Crippen molar-refractivity contribution in [3.63, 3.8) is 0 Å². The summed E-state index contributed by atoms with van der Waals surface area (Å²) in [5, 5.41) is 9.81. The van der Waals surface area contributed by atoms with Gasteiger partial charge in [-0.05, 0) is 34.9 Å². The van der Waals surface area contributed by atoms with E-state index in [2.05, 4.69) is 16.0 Å². The van der Waals surface area contributed by atoms with E-state index in [0.717, 1.165) is 16.3 Å². The van der Waals surface area contributed by atoms with Gasteiger partial charge in [-0.1, -0.05) is 60.7 Å². The Labute approximate surface area is 179 Å². The summed E-state index contributed by atoms with van der Waals surface area (Å²) in [6.45, 7) is 1.68. The van der Waals surface area contributed by atoms with Crippen molar-refractivity contribution in [2.45, 2.75) is 19.5 Å². The zero-order chi connectivity index (χ0) is 22.2. The number of carbonyl (C=O) groups is 4. The molecule has 1 atom stereocenters. The summed E-state index contributed by atoms with van der Waals surface area (Å²) in [6.07, 6.45) is 0.488. The second-order valence-electron chi connectivity index (χ2n) is 6.98. The van der Waals surface area contributed by atoms with Crippen molar-refractivity contribution in [2.75, 3.05) is 6.54 Å². The molecule has 3 N–H and O–H groups in total. The summed E-state index contributed by atoms with van der Waals surface area (Å²) in [5.74, 6) is -2.06. The van der Waals surface area contributed by atoms with Crippen molar-refractivity contribution < 1.29 is 19.2 Å². The van der Waals surface area contributed by atoms with Crippen LogP contribution in [0.25, 0.3) is 10.8 Å². The van der Waals surface area contributed by atoms with Gasteiger partial charge in [0, 0.05) is 12.1 Å². The monoisotopic (exact) mass is 417 g/mol. The molecule has 0 saturated carbocycles. The molecule has 3 amide bonds. The van der Waals surface area contributed by atoms with E-state index in [1.165, 1.54) is 0 Å². The maximum Gasteiger partial charge on any atom is 0.309 e. The maximum atomic E-state index is 13.0. The number of carbonyl (C=O) groups excluding carboxylic acids is 4. The summed E-state index contributed by atoms with van der Waals surface area (Å²) < 4.78 is 0. The van der Waals surface area contributed by atoms with Crippen molar-refractivity contribution >= 4 is 34.8 Å². The molecule has 31 heavy (non-hydrogen) atoms. The molecule has 3 aromatic carbocycles. The maximum absolute atomic E-state index is 13.0. The summed E-state index contributed by atoms with van der Waals surface area (Å²) in [6, 6.07) is 20.6. The first-order chi connectivity index (χ1) is 15.0. The molecule has 7 nitrogen and oxygen atoms in total. The normalized spacial score (nSPS) is 11.4. The van der Waals surface area contributed by atoms with Crippen LogP contribution in [0.15, 0.2) is 66.7 Å². The Kier molecular flexibility index (Phi) is 7.11. The highest BCUT2D eigenvalue weighted by Crippen LogP contribution is 2.24. The lowest BCUT2D eigenvalue weighted by Gasteiger charge is -2.18. The Balaban J connectivity index is 1.71. The molecule has 3 rings (SSSR count). The lowest BCUT2D eigenvalue weighted by molar-refractivity contribution is -0.139. The van der Waals surface area contributed by atoms with Gasteiger partial charge < -0.3 is 20.7 Å². The van der Waals surface area contributed by atoms with Crippen LogP contribution in [0.5, 0.6) is 0 Å². The fraction of sp³-hybridized carbons (Fsp3) is 0.167. The Hall–Kier alpha value is -4.00. The van der Waals surface area contributed by atoms with Crippen molar-refractivity contribution in [3.05, 3.63) is 83.4 Å². The third-order valence-electron chi connectivity index (χ3n) is 4.89. The van der Waals surface area contributed by atoms with Gasteiger partial charge >= 0.3 is 11.8 Å². The standard InChI is InChI=1S/C24H23N3O4/c1-16(19-12-6-9-17-7-2-4-10-20(17)19)27-22(29)21-11-5-3-8-18(21)15-26-24(31)23(30)25-13-14-28/h2-12,14,16H,13,15H2,1H3,(H,25,30)(H,26,31)(H,27,29)/t16-/m1/s1. The van der Waals surface area contributed by atoms with Crippen LogP contribution >= 0.6 is 0 Å². The van der Waals surface area contributed by atoms with Crippen LogP contribution in [0.1, 0.15) is 34.5 Å². The first-order valence-corrected chi connectivity index (χ1v) is 9.87. The van der Waals surface area contributed by atoms with Crippen molar-refractivity contribution in [1.29, 1.82) is 0 Å². The minimum atomic E-state index is -0.904. The first kappa shape index (κ1) is 21.7. The number of hydrogen-bond acceptors (Lipinski definition) is 4. The van der Waals surface area contributed by atoms with Crippen molar-refractivity contribution in [1.82, 2.24) is 16.0 Å². The second kappa shape index (κ2) is 10.2. The van der Waals surface area contributed by atoms with Crippen molar-refractivity contribution in [2.24, 2.45) is 0 Å². The Bertz CT molecular complexity index is 1120. The highest BCUT2D eigenvalue weighted by atomic mass is 16.2. The van der Waals surface area contributed by atoms with E-state index in [1.54, 1.807) is 24.3 Å². The van der Waals surface area contributed by atoms with E-state index < -0.39 is 11.8 Å². The van der Waals surface area contributed by atoms with Crippen LogP contribution < -0.4 is 16.0 Å². The molecule has 0 aliphatic carbocycles. The molecule has 0 aromatic heterocycles. The predicted octanol–water partition coefficient (Wildman–Crippen LogP) is 2.26. The lowest BCUT2D eigenvalue weighted by atomic mass is 9.99. The third-order valence-corrected chi connectivity index (χ3v) is 4.89. The van der Waals surface area contributed by atoms with E-state index in [-0.39, 0.29) is 25.0 Å². The quantitative estimate of drug-likeness (QED) is 0.405. The van der Waals surface area contributed by atoms with Gasteiger partial charge in [0.25, 0.3) is 5.91 Å². The van der Waals surface area contributed by atoms with Gasteiger partial charge in [0.1, 0.15) is 6.29 Å². The second-order valence-corrected chi connectivity index (χ2v) is 6.98.